The SMILES string of the molecule is CCN1CCN(c2ccc(-c3cnc(N)c(OCc4ccnc(N)c4)n3)cc2)CC1. The maximum absolute atomic E-state index is 5.96. The van der Waals surface area contributed by atoms with Crippen molar-refractivity contribution >= 4 is 17.3 Å². The number of nitrogen functional groups attached to an aromatic ring is 2. The van der Waals surface area contributed by atoms with Crippen molar-refractivity contribution in [2.75, 3.05) is 49.1 Å². The predicted molar refractivity (Wildman–Crippen MR) is 119 cm³/mol. The van der Waals surface area contributed by atoms with Crippen molar-refractivity contribution in [3.8, 4) is 17.1 Å². The normalized spacial score (nSPS) is 14.6. The van der Waals surface area contributed by atoms with Gasteiger partial charge in [-0.3, -0.25) is 0 Å². The lowest BCUT2D eigenvalue weighted by Crippen LogP contribution is -2.46. The van der Waals surface area contributed by atoms with Crippen LogP contribution in [0, 0.1) is 0 Å². The van der Waals surface area contributed by atoms with Crippen LogP contribution >= 0.6 is 0 Å². The summed E-state index contributed by atoms with van der Waals surface area (Å²) in [5.74, 6) is 1.01. The number of nitrogens with two attached hydrogens (primary N) is 2. The van der Waals surface area contributed by atoms with Gasteiger partial charge in [0.1, 0.15) is 12.4 Å². The van der Waals surface area contributed by atoms with Gasteiger partial charge in [-0.2, -0.15) is 0 Å². The largest absolute Gasteiger partial charge is 0.470 e. The van der Waals surface area contributed by atoms with E-state index in [0.717, 1.165) is 49.5 Å². The maximum Gasteiger partial charge on any atom is 0.258 e. The highest BCUT2D eigenvalue weighted by Crippen LogP contribution is 2.26. The van der Waals surface area contributed by atoms with Crippen LogP contribution in [0.2, 0.25) is 0 Å². The number of aromatic nitrogens is 3. The fourth-order valence-corrected chi connectivity index (χ4v) is 3.53. The van der Waals surface area contributed by atoms with Gasteiger partial charge < -0.3 is 26.0 Å². The smallest absolute Gasteiger partial charge is 0.258 e. The van der Waals surface area contributed by atoms with Crippen LogP contribution in [-0.4, -0.2) is 52.6 Å². The van der Waals surface area contributed by atoms with E-state index in [9.17, 15) is 0 Å². The Morgan fingerprint density at radius 3 is 2.47 bits per heavy atom. The molecule has 0 unspecified atom stereocenters. The Balaban J connectivity index is 1.45. The van der Waals surface area contributed by atoms with E-state index in [-0.39, 0.29) is 12.4 Å². The van der Waals surface area contributed by atoms with Crippen molar-refractivity contribution in [1.82, 2.24) is 19.9 Å². The highest BCUT2D eigenvalue weighted by molar-refractivity contribution is 5.64. The monoisotopic (exact) mass is 405 g/mol. The molecule has 8 nitrogen and oxygen atoms in total. The zero-order valence-corrected chi connectivity index (χ0v) is 17.2. The van der Waals surface area contributed by atoms with E-state index in [4.69, 9.17) is 16.2 Å². The summed E-state index contributed by atoms with van der Waals surface area (Å²) in [6.07, 6.45) is 3.31. The van der Waals surface area contributed by atoms with E-state index < -0.39 is 0 Å². The van der Waals surface area contributed by atoms with E-state index in [2.05, 4.69) is 55.9 Å². The summed E-state index contributed by atoms with van der Waals surface area (Å²) in [5, 5.41) is 0. The van der Waals surface area contributed by atoms with Crippen LogP contribution < -0.4 is 21.1 Å². The Morgan fingerprint density at radius 1 is 1.00 bits per heavy atom. The number of likely N-dealkylation sites (N-methyl/N-ethyl adjacent to an activating group) is 1. The Hall–Kier alpha value is -3.39. The van der Waals surface area contributed by atoms with Crippen LogP contribution in [-0.2, 0) is 6.61 Å². The number of piperazine rings is 1. The van der Waals surface area contributed by atoms with Gasteiger partial charge in [-0.05, 0) is 36.4 Å². The first-order chi connectivity index (χ1) is 14.6. The molecule has 3 heterocycles. The summed E-state index contributed by atoms with van der Waals surface area (Å²) in [4.78, 5) is 17.7. The first kappa shape index (κ1) is 19.9. The zero-order valence-electron chi connectivity index (χ0n) is 17.2. The van der Waals surface area contributed by atoms with E-state index in [0.29, 0.717) is 11.7 Å². The molecule has 0 atom stereocenters. The zero-order chi connectivity index (χ0) is 20.9. The van der Waals surface area contributed by atoms with Gasteiger partial charge in [0.05, 0.1) is 11.9 Å². The number of hydrogen-bond donors (Lipinski definition) is 2. The number of ether oxygens (including phenoxy) is 1. The number of anilines is 3. The van der Waals surface area contributed by atoms with Crippen molar-refractivity contribution in [3.05, 3.63) is 54.4 Å². The van der Waals surface area contributed by atoms with Gasteiger partial charge in [-0.25, -0.2) is 15.0 Å². The molecule has 0 amide bonds. The van der Waals surface area contributed by atoms with Gasteiger partial charge in [0.15, 0.2) is 5.82 Å². The first-order valence-corrected chi connectivity index (χ1v) is 10.2. The number of nitrogens with zero attached hydrogens (tertiary/aromatic N) is 5. The quantitative estimate of drug-likeness (QED) is 0.644. The fraction of sp³-hybridized carbons (Fsp3) is 0.318. The molecule has 156 valence electrons. The van der Waals surface area contributed by atoms with Crippen LogP contribution in [0.15, 0.2) is 48.8 Å². The maximum atomic E-state index is 5.96. The van der Waals surface area contributed by atoms with Gasteiger partial charge in [-0.1, -0.05) is 19.1 Å². The molecule has 1 fully saturated rings. The van der Waals surface area contributed by atoms with Crippen LogP contribution in [0.25, 0.3) is 11.3 Å². The number of hydrogen-bond acceptors (Lipinski definition) is 8. The minimum atomic E-state index is 0.256. The summed E-state index contributed by atoms with van der Waals surface area (Å²) < 4.78 is 5.78. The molecule has 0 bridgehead atoms. The molecule has 4 N–H and O–H groups in total. The Morgan fingerprint density at radius 2 is 1.77 bits per heavy atom. The van der Waals surface area contributed by atoms with Crippen molar-refractivity contribution in [2.45, 2.75) is 13.5 Å². The molecule has 30 heavy (non-hydrogen) atoms. The minimum absolute atomic E-state index is 0.256. The van der Waals surface area contributed by atoms with Gasteiger partial charge in [0.25, 0.3) is 5.88 Å². The molecule has 0 spiro atoms. The summed E-state index contributed by atoms with van der Waals surface area (Å²) in [7, 11) is 0. The molecule has 0 radical (unpaired) electrons. The molecule has 1 aliphatic heterocycles. The second kappa shape index (κ2) is 8.96. The topological polar surface area (TPSA) is 106 Å². The van der Waals surface area contributed by atoms with Crippen molar-refractivity contribution in [1.29, 1.82) is 0 Å². The third-order valence-electron chi connectivity index (χ3n) is 5.34. The van der Waals surface area contributed by atoms with Crippen LogP contribution in [0.5, 0.6) is 5.88 Å². The van der Waals surface area contributed by atoms with Gasteiger partial charge in [0, 0.05) is 43.6 Å². The molecule has 4 rings (SSSR count). The summed E-state index contributed by atoms with van der Waals surface area (Å²) >= 11 is 0. The molecular formula is C22H27N7O. The summed E-state index contributed by atoms with van der Waals surface area (Å²) in [5.41, 5.74) is 15.5. The lowest BCUT2D eigenvalue weighted by Gasteiger charge is -2.35. The summed E-state index contributed by atoms with van der Waals surface area (Å²) in [6.45, 7) is 7.91. The molecule has 8 heteroatoms. The van der Waals surface area contributed by atoms with Crippen LogP contribution in [0.1, 0.15) is 12.5 Å². The third kappa shape index (κ3) is 4.60. The molecule has 0 saturated carbocycles. The number of rotatable bonds is 6. The van der Waals surface area contributed by atoms with Crippen molar-refractivity contribution in [2.24, 2.45) is 0 Å². The van der Waals surface area contributed by atoms with E-state index in [1.54, 1.807) is 18.5 Å². The highest BCUT2D eigenvalue weighted by Gasteiger charge is 2.16. The van der Waals surface area contributed by atoms with Gasteiger partial charge >= 0.3 is 0 Å². The number of pyridine rings is 1. The Kier molecular flexibility index (Phi) is 5.94. The lowest BCUT2D eigenvalue weighted by molar-refractivity contribution is 0.271. The molecule has 1 aromatic carbocycles. The van der Waals surface area contributed by atoms with Gasteiger partial charge in [0.2, 0.25) is 0 Å². The van der Waals surface area contributed by atoms with Crippen LogP contribution in [0.3, 0.4) is 0 Å². The predicted octanol–water partition coefficient (Wildman–Crippen LogP) is 2.42. The fourth-order valence-electron chi connectivity index (χ4n) is 3.53. The molecule has 2 aromatic heterocycles. The standard InChI is InChI=1S/C22H27N7O/c1-2-28-9-11-29(12-10-28)18-5-3-17(4-6-18)19-14-26-21(24)22(27-19)30-15-16-7-8-25-20(23)13-16/h3-8,13-14H,2,9-12,15H2,1H3,(H2,23,25)(H2,24,26). The van der Waals surface area contributed by atoms with E-state index in [1.807, 2.05) is 6.07 Å². The van der Waals surface area contributed by atoms with Crippen LogP contribution in [0.4, 0.5) is 17.3 Å². The minimum Gasteiger partial charge on any atom is -0.470 e. The first-order valence-electron chi connectivity index (χ1n) is 10.2. The average molecular weight is 406 g/mol. The van der Waals surface area contributed by atoms with Crippen molar-refractivity contribution < 1.29 is 4.74 Å². The molecular weight excluding hydrogens is 378 g/mol. The second-order valence-electron chi connectivity index (χ2n) is 7.29. The highest BCUT2D eigenvalue weighted by atomic mass is 16.5. The number of benzene rings is 1. The second-order valence-corrected chi connectivity index (χ2v) is 7.29. The summed E-state index contributed by atoms with van der Waals surface area (Å²) in [6, 6.07) is 12.0. The molecule has 1 aliphatic rings. The molecule has 3 aromatic rings. The third-order valence-corrected chi connectivity index (χ3v) is 5.34. The Labute approximate surface area is 176 Å². The van der Waals surface area contributed by atoms with E-state index >= 15 is 0 Å². The molecule has 1 saturated heterocycles. The average Bonchev–Trinajstić information content (AvgIpc) is 2.79. The van der Waals surface area contributed by atoms with Gasteiger partial charge in [-0.15, -0.1) is 0 Å². The Bertz CT molecular complexity index is 985. The lowest BCUT2D eigenvalue weighted by atomic mass is 10.1. The molecule has 0 aliphatic carbocycles. The van der Waals surface area contributed by atoms with E-state index in [1.165, 1.54) is 5.69 Å². The van der Waals surface area contributed by atoms with Crippen molar-refractivity contribution in [3.63, 3.8) is 0 Å².